The number of nitrogens with zero attached hydrogens (tertiary/aromatic N) is 1. The largest absolute Gasteiger partial charge is 0.480 e. The highest BCUT2D eigenvalue weighted by molar-refractivity contribution is 7.99. The summed E-state index contributed by atoms with van der Waals surface area (Å²) in [7, 11) is 0. The number of carbonyl (C=O) groups is 2. The molecule has 5 heteroatoms. The zero-order chi connectivity index (χ0) is 11.7. The van der Waals surface area contributed by atoms with Crippen LogP contribution in [-0.4, -0.2) is 46.0 Å². The van der Waals surface area contributed by atoms with Crippen molar-refractivity contribution in [3.05, 3.63) is 0 Å². The molecule has 2 atom stereocenters. The second-order valence-corrected chi connectivity index (χ2v) is 5.74. The Morgan fingerprint density at radius 3 is 2.69 bits per heavy atom. The van der Waals surface area contributed by atoms with E-state index >= 15 is 0 Å². The van der Waals surface area contributed by atoms with Gasteiger partial charge in [0, 0.05) is 24.0 Å². The van der Waals surface area contributed by atoms with Crippen LogP contribution in [0.4, 0.5) is 0 Å². The number of hydrogen-bond donors (Lipinski definition) is 1. The monoisotopic (exact) mass is 243 g/mol. The van der Waals surface area contributed by atoms with E-state index in [0.717, 1.165) is 18.6 Å². The van der Waals surface area contributed by atoms with Crippen LogP contribution in [0.3, 0.4) is 0 Å². The fourth-order valence-corrected chi connectivity index (χ4v) is 3.17. The van der Waals surface area contributed by atoms with Crippen LogP contribution in [0.15, 0.2) is 0 Å². The van der Waals surface area contributed by atoms with E-state index in [4.69, 9.17) is 5.11 Å². The van der Waals surface area contributed by atoms with E-state index in [2.05, 4.69) is 0 Å². The third kappa shape index (κ3) is 2.34. The van der Waals surface area contributed by atoms with Gasteiger partial charge in [-0.05, 0) is 18.8 Å². The SMILES string of the molecule is CC(C(=O)N1CCSCC1C(=O)O)C1CC1. The van der Waals surface area contributed by atoms with Gasteiger partial charge in [0.05, 0.1) is 0 Å². The number of carboxylic acid groups (broad SMARTS) is 1. The first-order valence-electron chi connectivity index (χ1n) is 5.72. The molecule has 0 aromatic heterocycles. The van der Waals surface area contributed by atoms with Crippen molar-refractivity contribution in [3.63, 3.8) is 0 Å². The smallest absolute Gasteiger partial charge is 0.327 e. The summed E-state index contributed by atoms with van der Waals surface area (Å²) in [6.45, 7) is 2.51. The lowest BCUT2D eigenvalue weighted by Crippen LogP contribution is -2.52. The summed E-state index contributed by atoms with van der Waals surface area (Å²) in [4.78, 5) is 24.8. The summed E-state index contributed by atoms with van der Waals surface area (Å²) in [6.07, 6.45) is 2.24. The van der Waals surface area contributed by atoms with Crippen molar-refractivity contribution in [2.45, 2.75) is 25.8 Å². The minimum Gasteiger partial charge on any atom is -0.480 e. The Kier molecular flexibility index (Phi) is 3.42. The normalized spacial score (nSPS) is 27.6. The summed E-state index contributed by atoms with van der Waals surface area (Å²) >= 11 is 1.61. The lowest BCUT2D eigenvalue weighted by atomic mass is 10.0. The Balaban J connectivity index is 2.03. The summed E-state index contributed by atoms with van der Waals surface area (Å²) in [5, 5.41) is 9.09. The summed E-state index contributed by atoms with van der Waals surface area (Å²) in [5.74, 6) is 1.05. The summed E-state index contributed by atoms with van der Waals surface area (Å²) in [5.41, 5.74) is 0. The maximum absolute atomic E-state index is 12.1. The molecular formula is C11H17NO3S. The average molecular weight is 243 g/mol. The molecule has 0 bridgehead atoms. The first-order chi connectivity index (χ1) is 7.61. The molecule has 0 radical (unpaired) electrons. The summed E-state index contributed by atoms with van der Waals surface area (Å²) in [6, 6.07) is -0.618. The van der Waals surface area contributed by atoms with E-state index < -0.39 is 12.0 Å². The number of carboxylic acids is 1. The fourth-order valence-electron chi connectivity index (χ4n) is 2.13. The third-order valence-corrected chi connectivity index (χ3v) is 4.44. The first-order valence-corrected chi connectivity index (χ1v) is 6.87. The Bertz CT molecular complexity index is 304. The maximum Gasteiger partial charge on any atom is 0.327 e. The topological polar surface area (TPSA) is 57.6 Å². The van der Waals surface area contributed by atoms with E-state index in [1.165, 1.54) is 0 Å². The zero-order valence-electron chi connectivity index (χ0n) is 9.39. The van der Waals surface area contributed by atoms with Crippen LogP contribution in [0.5, 0.6) is 0 Å². The number of hydrogen-bond acceptors (Lipinski definition) is 3. The summed E-state index contributed by atoms with van der Waals surface area (Å²) < 4.78 is 0. The van der Waals surface area contributed by atoms with Crippen LogP contribution < -0.4 is 0 Å². The van der Waals surface area contributed by atoms with Crippen LogP contribution in [0.25, 0.3) is 0 Å². The predicted octanol–water partition coefficient (Wildman–Crippen LogP) is 1.06. The van der Waals surface area contributed by atoms with E-state index in [0.29, 0.717) is 18.2 Å². The molecule has 2 fully saturated rings. The molecule has 1 saturated heterocycles. The predicted molar refractivity (Wildman–Crippen MR) is 62.3 cm³/mol. The van der Waals surface area contributed by atoms with Crippen LogP contribution in [0.2, 0.25) is 0 Å². The van der Waals surface area contributed by atoms with Gasteiger partial charge >= 0.3 is 5.97 Å². The molecule has 4 nitrogen and oxygen atoms in total. The van der Waals surface area contributed by atoms with Gasteiger partial charge in [0.15, 0.2) is 0 Å². The highest BCUT2D eigenvalue weighted by atomic mass is 32.2. The van der Waals surface area contributed by atoms with Crippen molar-refractivity contribution in [1.29, 1.82) is 0 Å². The van der Waals surface area contributed by atoms with Gasteiger partial charge in [-0.15, -0.1) is 0 Å². The Hall–Kier alpha value is -0.710. The molecule has 90 valence electrons. The molecule has 0 aromatic carbocycles. The molecule has 2 rings (SSSR count). The first kappa shape index (κ1) is 11.8. The van der Waals surface area contributed by atoms with Crippen molar-refractivity contribution in [2.24, 2.45) is 11.8 Å². The number of aliphatic carboxylic acids is 1. The van der Waals surface area contributed by atoms with Crippen LogP contribution in [0.1, 0.15) is 19.8 Å². The molecule has 2 unspecified atom stereocenters. The van der Waals surface area contributed by atoms with Crippen molar-refractivity contribution in [2.75, 3.05) is 18.1 Å². The van der Waals surface area contributed by atoms with Crippen molar-refractivity contribution in [3.8, 4) is 0 Å². The van der Waals surface area contributed by atoms with Gasteiger partial charge in [-0.25, -0.2) is 4.79 Å². The van der Waals surface area contributed by atoms with Crippen LogP contribution in [-0.2, 0) is 9.59 Å². The van der Waals surface area contributed by atoms with Gasteiger partial charge in [-0.3, -0.25) is 4.79 Å². The molecule has 1 aliphatic carbocycles. The van der Waals surface area contributed by atoms with Crippen molar-refractivity contribution >= 4 is 23.6 Å². The van der Waals surface area contributed by atoms with Gasteiger partial charge in [-0.1, -0.05) is 6.92 Å². The number of amides is 1. The van der Waals surface area contributed by atoms with Gasteiger partial charge in [0.25, 0.3) is 0 Å². The lowest BCUT2D eigenvalue weighted by molar-refractivity contribution is -0.151. The van der Waals surface area contributed by atoms with E-state index in [1.54, 1.807) is 16.7 Å². The Morgan fingerprint density at radius 1 is 1.44 bits per heavy atom. The van der Waals surface area contributed by atoms with E-state index in [-0.39, 0.29) is 11.8 Å². The molecule has 0 aromatic rings. The molecular weight excluding hydrogens is 226 g/mol. The highest BCUT2D eigenvalue weighted by Gasteiger charge is 2.39. The third-order valence-electron chi connectivity index (χ3n) is 3.42. The quantitative estimate of drug-likeness (QED) is 0.805. The van der Waals surface area contributed by atoms with Gasteiger partial charge < -0.3 is 10.0 Å². The standard InChI is InChI=1S/C11H17NO3S/c1-7(8-2-3-8)10(13)12-4-5-16-6-9(12)11(14)15/h7-9H,2-6H2,1H3,(H,14,15). The van der Waals surface area contributed by atoms with Gasteiger partial charge in [-0.2, -0.15) is 11.8 Å². The van der Waals surface area contributed by atoms with Crippen molar-refractivity contribution < 1.29 is 14.7 Å². The maximum atomic E-state index is 12.1. The molecule has 1 aliphatic heterocycles. The molecule has 2 aliphatic rings. The van der Waals surface area contributed by atoms with Gasteiger partial charge in [0.1, 0.15) is 6.04 Å². The average Bonchev–Trinajstić information content (AvgIpc) is 3.11. The molecule has 1 N–H and O–H groups in total. The zero-order valence-corrected chi connectivity index (χ0v) is 10.2. The molecule has 1 saturated carbocycles. The number of rotatable bonds is 3. The molecule has 1 amide bonds. The number of carbonyl (C=O) groups excluding carboxylic acids is 1. The van der Waals surface area contributed by atoms with E-state index in [1.807, 2.05) is 6.92 Å². The van der Waals surface area contributed by atoms with Gasteiger partial charge in [0.2, 0.25) is 5.91 Å². The lowest BCUT2D eigenvalue weighted by Gasteiger charge is -2.34. The molecule has 1 heterocycles. The minimum absolute atomic E-state index is 0.00458. The second kappa shape index (κ2) is 4.65. The number of thioether (sulfide) groups is 1. The van der Waals surface area contributed by atoms with Crippen LogP contribution in [0, 0.1) is 11.8 Å². The molecule has 16 heavy (non-hydrogen) atoms. The Morgan fingerprint density at radius 2 is 2.12 bits per heavy atom. The fraction of sp³-hybridized carbons (Fsp3) is 0.818. The molecule has 0 spiro atoms. The highest BCUT2D eigenvalue weighted by Crippen LogP contribution is 2.38. The van der Waals surface area contributed by atoms with Crippen molar-refractivity contribution in [1.82, 2.24) is 4.90 Å². The second-order valence-electron chi connectivity index (χ2n) is 4.59. The van der Waals surface area contributed by atoms with E-state index in [9.17, 15) is 9.59 Å². The Labute approximate surface area is 99.4 Å². The minimum atomic E-state index is -0.872. The van der Waals surface area contributed by atoms with Crippen LogP contribution >= 0.6 is 11.8 Å².